The van der Waals surface area contributed by atoms with E-state index in [1.54, 1.807) is 15.0 Å². The number of hydrogen-bond acceptors (Lipinski definition) is 3. The van der Waals surface area contributed by atoms with E-state index in [-0.39, 0.29) is 0 Å². The van der Waals surface area contributed by atoms with Gasteiger partial charge in [-0.1, -0.05) is 20.3 Å². The van der Waals surface area contributed by atoms with Crippen LogP contribution in [0.2, 0.25) is 0 Å². The second-order valence-electron chi connectivity index (χ2n) is 2.07. The summed E-state index contributed by atoms with van der Waals surface area (Å²) in [7, 11) is 0. The molecule has 0 spiro atoms. The molecular formula is C6H11N3O3. The van der Waals surface area contributed by atoms with Crippen LogP contribution in [-0.2, 0) is 0 Å². The fourth-order valence-corrected chi connectivity index (χ4v) is 0.403. The van der Waals surface area contributed by atoms with Crippen molar-refractivity contribution in [2.24, 2.45) is 0 Å². The Bertz CT molecular complexity index is 294. The molecule has 3 N–H and O–H groups in total. The van der Waals surface area contributed by atoms with E-state index in [2.05, 4.69) is 13.8 Å². The lowest BCUT2D eigenvalue weighted by Gasteiger charge is -1.77. The van der Waals surface area contributed by atoms with Crippen molar-refractivity contribution < 1.29 is 0 Å². The van der Waals surface area contributed by atoms with Crippen LogP contribution in [0.1, 0.15) is 20.3 Å². The second-order valence-corrected chi connectivity index (χ2v) is 2.07. The van der Waals surface area contributed by atoms with Gasteiger partial charge in [-0.25, -0.2) is 14.4 Å². The zero-order chi connectivity index (χ0) is 9.56. The molecule has 0 saturated carbocycles. The number of aromatic nitrogens is 3. The molecule has 0 bridgehead atoms. The van der Waals surface area contributed by atoms with Crippen molar-refractivity contribution in [3.05, 3.63) is 31.5 Å². The number of hydrogen-bond donors (Lipinski definition) is 3. The third-order valence-electron chi connectivity index (χ3n) is 0.681. The highest BCUT2D eigenvalue weighted by atomic mass is 16.2. The predicted molar refractivity (Wildman–Crippen MR) is 44.3 cm³/mol. The first-order valence-electron chi connectivity index (χ1n) is 3.53. The maximum absolute atomic E-state index is 10.2. The average molecular weight is 173 g/mol. The minimum absolute atomic E-state index is 0.802. The topological polar surface area (TPSA) is 98.6 Å². The molecule has 1 rings (SSSR count). The summed E-state index contributed by atoms with van der Waals surface area (Å²) in [5, 5.41) is 0. The van der Waals surface area contributed by atoms with E-state index < -0.39 is 17.1 Å². The molecule has 0 radical (unpaired) electrons. The van der Waals surface area contributed by atoms with Crippen LogP contribution in [0.3, 0.4) is 0 Å². The van der Waals surface area contributed by atoms with Crippen LogP contribution in [0, 0.1) is 0 Å². The first-order chi connectivity index (χ1) is 5.60. The van der Waals surface area contributed by atoms with Crippen LogP contribution in [-0.4, -0.2) is 15.0 Å². The summed E-state index contributed by atoms with van der Waals surface area (Å²) < 4.78 is 0. The van der Waals surface area contributed by atoms with Gasteiger partial charge in [0.25, 0.3) is 0 Å². The molecule has 0 amide bonds. The summed E-state index contributed by atoms with van der Waals surface area (Å²) in [6.07, 6.45) is 1.25. The highest BCUT2D eigenvalue weighted by molar-refractivity contribution is 4.60. The molecule has 0 fully saturated rings. The van der Waals surface area contributed by atoms with Crippen LogP contribution >= 0.6 is 0 Å². The Kier molecular flexibility index (Phi) is 4.43. The Morgan fingerprint density at radius 1 is 0.833 bits per heavy atom. The van der Waals surface area contributed by atoms with Crippen LogP contribution in [0.4, 0.5) is 0 Å². The molecule has 68 valence electrons. The summed E-state index contributed by atoms with van der Waals surface area (Å²) in [6.45, 7) is 4.25. The van der Waals surface area contributed by atoms with Crippen molar-refractivity contribution in [3.63, 3.8) is 0 Å². The van der Waals surface area contributed by atoms with E-state index in [1.165, 1.54) is 6.42 Å². The zero-order valence-corrected chi connectivity index (χ0v) is 6.93. The zero-order valence-electron chi connectivity index (χ0n) is 6.93. The van der Waals surface area contributed by atoms with E-state index in [0.717, 1.165) is 0 Å². The van der Waals surface area contributed by atoms with Crippen LogP contribution in [0.25, 0.3) is 0 Å². The number of rotatable bonds is 0. The van der Waals surface area contributed by atoms with Crippen LogP contribution in [0.5, 0.6) is 0 Å². The monoisotopic (exact) mass is 173 g/mol. The standard InChI is InChI=1S/C3H3N3O3.C3H8/c7-1-4-2(8)6-3(9)5-1;1-3-2/h(H3,4,5,6,7,8,9);3H2,1-2H3. The highest BCUT2D eigenvalue weighted by Crippen LogP contribution is 1.56. The van der Waals surface area contributed by atoms with Gasteiger partial charge in [-0.15, -0.1) is 0 Å². The third-order valence-corrected chi connectivity index (χ3v) is 0.681. The van der Waals surface area contributed by atoms with E-state index in [0.29, 0.717) is 0 Å². The largest absolute Gasteiger partial charge is 0.330 e. The Hall–Kier alpha value is -1.59. The molecule has 0 atom stereocenters. The minimum Gasteiger partial charge on any atom is -0.259 e. The van der Waals surface area contributed by atoms with E-state index in [1.807, 2.05) is 0 Å². The molecular weight excluding hydrogens is 162 g/mol. The molecule has 1 heterocycles. The van der Waals surface area contributed by atoms with Gasteiger partial charge in [0.15, 0.2) is 0 Å². The van der Waals surface area contributed by atoms with Gasteiger partial charge in [-0.3, -0.25) is 15.0 Å². The minimum atomic E-state index is -0.802. The van der Waals surface area contributed by atoms with Gasteiger partial charge in [0, 0.05) is 0 Å². The molecule has 12 heavy (non-hydrogen) atoms. The van der Waals surface area contributed by atoms with Gasteiger partial charge < -0.3 is 0 Å². The normalized spacial score (nSPS) is 8.50. The SMILES string of the molecule is CCC.O=c1[nH]c(=O)[nH]c(=O)[nH]1. The molecule has 0 unspecified atom stereocenters. The van der Waals surface area contributed by atoms with E-state index in [9.17, 15) is 14.4 Å². The van der Waals surface area contributed by atoms with Crippen LogP contribution in [0.15, 0.2) is 14.4 Å². The third kappa shape index (κ3) is 4.26. The smallest absolute Gasteiger partial charge is 0.259 e. The van der Waals surface area contributed by atoms with E-state index in [4.69, 9.17) is 0 Å². The van der Waals surface area contributed by atoms with Gasteiger partial charge in [-0.2, -0.15) is 0 Å². The summed E-state index contributed by atoms with van der Waals surface area (Å²) in [5.74, 6) is 0. The molecule has 1 aromatic heterocycles. The number of aromatic amines is 3. The van der Waals surface area contributed by atoms with Gasteiger partial charge in [0.05, 0.1) is 0 Å². The fraction of sp³-hybridized carbons (Fsp3) is 0.500. The van der Waals surface area contributed by atoms with Crippen molar-refractivity contribution in [2.75, 3.05) is 0 Å². The lowest BCUT2D eigenvalue weighted by Crippen LogP contribution is -2.34. The molecule has 1 aromatic rings. The summed E-state index contributed by atoms with van der Waals surface area (Å²) in [4.78, 5) is 35.9. The summed E-state index contributed by atoms with van der Waals surface area (Å²) >= 11 is 0. The van der Waals surface area contributed by atoms with Crippen molar-refractivity contribution in [1.82, 2.24) is 15.0 Å². The molecule has 0 aliphatic rings. The maximum Gasteiger partial charge on any atom is 0.330 e. The lowest BCUT2D eigenvalue weighted by atomic mass is 10.6. The predicted octanol–water partition coefficient (Wildman–Crippen LogP) is -0.832. The second kappa shape index (κ2) is 5.11. The highest BCUT2D eigenvalue weighted by Gasteiger charge is 1.84. The van der Waals surface area contributed by atoms with Gasteiger partial charge >= 0.3 is 17.1 Å². The Morgan fingerprint density at radius 2 is 1.00 bits per heavy atom. The Morgan fingerprint density at radius 3 is 1.17 bits per heavy atom. The van der Waals surface area contributed by atoms with Gasteiger partial charge in [0.2, 0.25) is 0 Å². The molecule has 0 saturated heterocycles. The number of H-pyrrole nitrogens is 3. The van der Waals surface area contributed by atoms with Crippen LogP contribution < -0.4 is 17.1 Å². The van der Waals surface area contributed by atoms with Crippen molar-refractivity contribution in [2.45, 2.75) is 20.3 Å². The maximum atomic E-state index is 10.2. The molecule has 0 aliphatic carbocycles. The summed E-state index contributed by atoms with van der Waals surface area (Å²) in [6, 6.07) is 0. The average Bonchev–Trinajstić information content (AvgIpc) is 1.84. The fourth-order valence-electron chi connectivity index (χ4n) is 0.403. The lowest BCUT2D eigenvalue weighted by molar-refractivity contribution is 0.888. The van der Waals surface area contributed by atoms with Crippen molar-refractivity contribution in [1.29, 1.82) is 0 Å². The number of nitrogens with one attached hydrogen (secondary N) is 3. The van der Waals surface area contributed by atoms with Crippen molar-refractivity contribution in [3.8, 4) is 0 Å². The quantitative estimate of drug-likeness (QED) is 0.477. The Balaban J connectivity index is 0.000000354. The van der Waals surface area contributed by atoms with Gasteiger partial charge in [-0.05, 0) is 0 Å². The van der Waals surface area contributed by atoms with Gasteiger partial charge in [0.1, 0.15) is 0 Å². The van der Waals surface area contributed by atoms with Crippen molar-refractivity contribution >= 4 is 0 Å². The molecule has 0 aliphatic heterocycles. The Labute approximate surface area is 67.7 Å². The van der Waals surface area contributed by atoms with E-state index >= 15 is 0 Å². The first kappa shape index (κ1) is 10.4. The molecule has 0 aromatic carbocycles. The summed E-state index contributed by atoms with van der Waals surface area (Å²) in [5.41, 5.74) is -2.41. The molecule has 6 nitrogen and oxygen atoms in total. The molecule has 6 heteroatoms. The first-order valence-corrected chi connectivity index (χ1v) is 3.53.